The smallest absolute Gasteiger partial charge is 0.289 e. The van der Waals surface area contributed by atoms with Gasteiger partial charge in [0.1, 0.15) is 0 Å². The first-order chi connectivity index (χ1) is 5.77. The Morgan fingerprint density at radius 1 is 1.08 bits per heavy atom. The molecular weight excluding hydrogens is 156 g/mol. The van der Waals surface area contributed by atoms with Crippen molar-refractivity contribution in [2.75, 3.05) is 0 Å². The fourth-order valence-corrected chi connectivity index (χ4v) is 2.28. The summed E-state index contributed by atoms with van der Waals surface area (Å²) in [6.07, 6.45) is 5.09. The molecule has 3 rings (SSSR count). The van der Waals surface area contributed by atoms with E-state index in [9.17, 15) is 10.2 Å². The molecule has 1 aromatic rings. The molecule has 2 N–H and O–H groups in total. The van der Waals surface area contributed by atoms with Crippen LogP contribution < -0.4 is 0 Å². The minimum absolute atomic E-state index is 0.112. The first-order valence-corrected chi connectivity index (χ1v) is 4.00. The lowest BCUT2D eigenvalue weighted by Crippen LogP contribution is -1.87. The van der Waals surface area contributed by atoms with Gasteiger partial charge < -0.3 is 14.6 Å². The Morgan fingerprint density at radius 3 is 2.08 bits per heavy atom. The van der Waals surface area contributed by atoms with Crippen LogP contribution in [0, 0.1) is 0 Å². The number of fused-ring (bicyclic) bond motifs is 5. The van der Waals surface area contributed by atoms with Gasteiger partial charge in [-0.15, -0.1) is 0 Å². The SMILES string of the molecule is Oc1oc(O)c2c1C1C=CC2C1. The van der Waals surface area contributed by atoms with Crippen molar-refractivity contribution in [1.82, 2.24) is 0 Å². The molecule has 12 heavy (non-hydrogen) atoms. The Hall–Kier alpha value is -1.38. The monoisotopic (exact) mass is 164 g/mol. The van der Waals surface area contributed by atoms with Gasteiger partial charge in [-0.25, -0.2) is 0 Å². The van der Waals surface area contributed by atoms with Crippen LogP contribution in [-0.4, -0.2) is 10.2 Å². The minimum atomic E-state index is -0.112. The van der Waals surface area contributed by atoms with Gasteiger partial charge in [-0.1, -0.05) is 12.2 Å². The molecule has 2 aliphatic carbocycles. The van der Waals surface area contributed by atoms with E-state index in [0.717, 1.165) is 17.5 Å². The number of rotatable bonds is 0. The quantitative estimate of drug-likeness (QED) is 0.575. The second-order valence-corrected chi connectivity index (χ2v) is 3.37. The third-order valence-corrected chi connectivity index (χ3v) is 2.77. The van der Waals surface area contributed by atoms with Gasteiger partial charge in [-0.05, 0) is 6.42 Å². The molecule has 2 bridgehead atoms. The van der Waals surface area contributed by atoms with Gasteiger partial charge in [0.05, 0.1) is 11.1 Å². The molecule has 2 atom stereocenters. The number of aromatic hydroxyl groups is 2. The van der Waals surface area contributed by atoms with Crippen LogP contribution in [0.3, 0.4) is 0 Å². The van der Waals surface area contributed by atoms with E-state index in [1.807, 2.05) is 0 Å². The van der Waals surface area contributed by atoms with Crippen LogP contribution in [0.1, 0.15) is 29.4 Å². The van der Waals surface area contributed by atoms with E-state index < -0.39 is 0 Å². The van der Waals surface area contributed by atoms with Gasteiger partial charge >= 0.3 is 0 Å². The summed E-state index contributed by atoms with van der Waals surface area (Å²) in [5.74, 6) is 0.294. The molecule has 0 radical (unpaired) electrons. The molecule has 0 amide bonds. The Bertz CT molecular complexity index is 343. The van der Waals surface area contributed by atoms with E-state index in [2.05, 4.69) is 12.2 Å². The molecule has 0 saturated carbocycles. The maximum absolute atomic E-state index is 9.31. The minimum Gasteiger partial charge on any atom is -0.480 e. The molecular formula is C9H8O3. The van der Waals surface area contributed by atoms with E-state index >= 15 is 0 Å². The Labute approximate surface area is 68.9 Å². The number of hydrogen-bond acceptors (Lipinski definition) is 3. The van der Waals surface area contributed by atoms with Crippen LogP contribution in [0.2, 0.25) is 0 Å². The molecule has 3 heteroatoms. The molecule has 2 unspecified atom stereocenters. The summed E-state index contributed by atoms with van der Waals surface area (Å²) in [5, 5.41) is 18.6. The number of hydrogen-bond donors (Lipinski definition) is 2. The molecule has 1 heterocycles. The van der Waals surface area contributed by atoms with E-state index in [1.54, 1.807) is 0 Å². The Kier molecular flexibility index (Phi) is 0.865. The van der Waals surface area contributed by atoms with Gasteiger partial charge in [-0.2, -0.15) is 0 Å². The predicted molar refractivity (Wildman–Crippen MR) is 41.3 cm³/mol. The molecule has 0 aromatic carbocycles. The highest BCUT2D eigenvalue weighted by Crippen LogP contribution is 2.56. The van der Waals surface area contributed by atoms with Gasteiger partial charge in [-0.3, -0.25) is 0 Å². The highest BCUT2D eigenvalue weighted by molar-refractivity contribution is 5.55. The van der Waals surface area contributed by atoms with Crippen molar-refractivity contribution in [2.24, 2.45) is 0 Å². The summed E-state index contributed by atoms with van der Waals surface area (Å²) in [6.45, 7) is 0. The molecule has 3 nitrogen and oxygen atoms in total. The molecule has 0 aliphatic heterocycles. The van der Waals surface area contributed by atoms with E-state index in [-0.39, 0.29) is 23.7 Å². The molecule has 0 fully saturated rings. The van der Waals surface area contributed by atoms with Crippen molar-refractivity contribution < 1.29 is 14.6 Å². The van der Waals surface area contributed by atoms with E-state index in [4.69, 9.17) is 4.42 Å². The fourth-order valence-electron chi connectivity index (χ4n) is 2.28. The van der Waals surface area contributed by atoms with E-state index in [1.165, 1.54) is 0 Å². The summed E-state index contributed by atoms with van der Waals surface area (Å²) < 4.78 is 4.74. The second kappa shape index (κ2) is 1.68. The van der Waals surface area contributed by atoms with Crippen molar-refractivity contribution in [3.05, 3.63) is 23.3 Å². The van der Waals surface area contributed by atoms with Crippen LogP contribution in [0.25, 0.3) is 0 Å². The highest BCUT2D eigenvalue weighted by atomic mass is 16.5. The second-order valence-electron chi connectivity index (χ2n) is 3.37. The summed E-state index contributed by atoms with van der Waals surface area (Å²) in [7, 11) is 0. The molecule has 0 spiro atoms. The van der Waals surface area contributed by atoms with Crippen LogP contribution in [0.15, 0.2) is 16.6 Å². The fraction of sp³-hybridized carbons (Fsp3) is 0.333. The highest BCUT2D eigenvalue weighted by Gasteiger charge is 2.40. The van der Waals surface area contributed by atoms with Crippen molar-refractivity contribution >= 4 is 0 Å². The predicted octanol–water partition coefficient (Wildman–Crippen LogP) is 1.83. The summed E-state index contributed by atoms with van der Waals surface area (Å²) in [4.78, 5) is 0. The Morgan fingerprint density at radius 2 is 1.58 bits per heavy atom. The van der Waals surface area contributed by atoms with Crippen LogP contribution in [0.5, 0.6) is 11.9 Å². The average molecular weight is 164 g/mol. The first kappa shape index (κ1) is 6.17. The zero-order valence-electron chi connectivity index (χ0n) is 6.32. The van der Waals surface area contributed by atoms with Crippen LogP contribution in [0.4, 0.5) is 0 Å². The lowest BCUT2D eigenvalue weighted by molar-refractivity contribution is 0.259. The topological polar surface area (TPSA) is 53.6 Å². The normalized spacial score (nSPS) is 29.7. The first-order valence-electron chi connectivity index (χ1n) is 4.00. The Balaban J connectivity index is 2.31. The standard InChI is InChI=1S/C9H8O3/c10-8-6-4-1-2-5(3-4)7(6)9(11)12-8/h1-2,4-5,10-11H,3H2. The summed E-state index contributed by atoms with van der Waals surface area (Å²) in [5.41, 5.74) is 1.58. The average Bonchev–Trinajstić information content (AvgIpc) is 2.64. The van der Waals surface area contributed by atoms with Crippen molar-refractivity contribution in [3.63, 3.8) is 0 Å². The summed E-state index contributed by atoms with van der Waals surface area (Å²) in [6, 6.07) is 0. The van der Waals surface area contributed by atoms with E-state index in [0.29, 0.717) is 0 Å². The van der Waals surface area contributed by atoms with Gasteiger partial charge in [0.25, 0.3) is 11.9 Å². The largest absolute Gasteiger partial charge is 0.480 e. The lowest BCUT2D eigenvalue weighted by atomic mass is 10.0. The maximum Gasteiger partial charge on any atom is 0.289 e. The molecule has 62 valence electrons. The van der Waals surface area contributed by atoms with Gasteiger partial charge in [0, 0.05) is 11.8 Å². The van der Waals surface area contributed by atoms with Crippen LogP contribution >= 0.6 is 0 Å². The van der Waals surface area contributed by atoms with Gasteiger partial charge in [0.15, 0.2) is 0 Å². The maximum atomic E-state index is 9.31. The van der Waals surface area contributed by atoms with Crippen molar-refractivity contribution in [1.29, 1.82) is 0 Å². The zero-order chi connectivity index (χ0) is 8.29. The van der Waals surface area contributed by atoms with Crippen molar-refractivity contribution in [2.45, 2.75) is 18.3 Å². The molecule has 1 aromatic heterocycles. The number of allylic oxidation sites excluding steroid dienone is 2. The van der Waals surface area contributed by atoms with Crippen LogP contribution in [-0.2, 0) is 0 Å². The lowest BCUT2D eigenvalue weighted by Gasteiger charge is -2.01. The van der Waals surface area contributed by atoms with Gasteiger partial charge in [0.2, 0.25) is 0 Å². The van der Waals surface area contributed by atoms with Crippen molar-refractivity contribution in [3.8, 4) is 11.9 Å². The third kappa shape index (κ3) is 0.501. The molecule has 2 aliphatic rings. The number of furan rings is 1. The molecule has 0 saturated heterocycles. The third-order valence-electron chi connectivity index (χ3n) is 2.77. The summed E-state index contributed by atoms with van der Waals surface area (Å²) >= 11 is 0. The zero-order valence-corrected chi connectivity index (χ0v) is 6.32.